The quantitative estimate of drug-likeness (QED) is 0.284. The Bertz CT molecular complexity index is 591. The lowest BCUT2D eigenvalue weighted by Crippen LogP contribution is -2.39. The van der Waals surface area contributed by atoms with Gasteiger partial charge in [0.1, 0.15) is 11.4 Å². The van der Waals surface area contributed by atoms with Crippen molar-refractivity contribution in [1.82, 2.24) is 15.5 Å². The van der Waals surface area contributed by atoms with E-state index in [0.717, 1.165) is 5.56 Å². The molecule has 26 heavy (non-hydrogen) atoms. The van der Waals surface area contributed by atoms with Crippen molar-refractivity contribution in [3.8, 4) is 0 Å². The molecule has 0 saturated carbocycles. The van der Waals surface area contributed by atoms with E-state index in [4.69, 9.17) is 4.74 Å². The summed E-state index contributed by atoms with van der Waals surface area (Å²) in [6.07, 6.45) is -0.458. The smallest absolute Gasteiger partial charge is 0.407 e. The van der Waals surface area contributed by atoms with Crippen molar-refractivity contribution in [1.29, 1.82) is 0 Å². The topological polar surface area (TPSA) is 66.0 Å². The predicted molar refractivity (Wildman–Crippen MR) is 113 cm³/mol. The molecule has 0 aliphatic carbocycles. The maximum absolute atomic E-state index is 13.3. The monoisotopic (exact) mass is 480 g/mol. The first-order valence-electron chi connectivity index (χ1n) is 8.42. The Balaban J connectivity index is 0.00000625. The number of nitrogens with zero attached hydrogens (tertiary/aromatic N) is 2. The van der Waals surface area contributed by atoms with Crippen molar-refractivity contribution in [3.63, 3.8) is 0 Å². The zero-order chi connectivity index (χ0) is 18.9. The average molecular weight is 480 g/mol. The van der Waals surface area contributed by atoms with Gasteiger partial charge in [-0.1, -0.05) is 12.1 Å². The van der Waals surface area contributed by atoms with Crippen LogP contribution in [-0.2, 0) is 11.3 Å². The Morgan fingerprint density at radius 2 is 2.00 bits per heavy atom. The average Bonchev–Trinajstić information content (AvgIpc) is 2.48. The Morgan fingerprint density at radius 1 is 1.31 bits per heavy atom. The highest BCUT2D eigenvalue weighted by Crippen LogP contribution is 2.07. The molecule has 6 nitrogen and oxygen atoms in total. The molecular formula is C18H30FIN4O2. The second-order valence-corrected chi connectivity index (χ2v) is 6.65. The third kappa shape index (κ3) is 10.4. The summed E-state index contributed by atoms with van der Waals surface area (Å²) in [5.74, 6) is 0.437. The first-order chi connectivity index (χ1) is 11.7. The van der Waals surface area contributed by atoms with Crippen LogP contribution in [-0.4, -0.2) is 49.2 Å². The molecule has 1 aromatic carbocycles. The summed E-state index contributed by atoms with van der Waals surface area (Å²) in [4.78, 5) is 18.0. The Hall–Kier alpha value is -1.58. The van der Waals surface area contributed by atoms with Crippen LogP contribution in [0.1, 0.15) is 33.3 Å². The van der Waals surface area contributed by atoms with Gasteiger partial charge in [0.2, 0.25) is 0 Å². The molecular weight excluding hydrogens is 450 g/mol. The number of halogens is 2. The zero-order valence-corrected chi connectivity index (χ0v) is 18.5. The number of alkyl carbamates (subject to hydrolysis) is 1. The van der Waals surface area contributed by atoms with Gasteiger partial charge >= 0.3 is 6.09 Å². The van der Waals surface area contributed by atoms with E-state index < -0.39 is 11.7 Å². The van der Waals surface area contributed by atoms with Crippen LogP contribution >= 0.6 is 24.0 Å². The van der Waals surface area contributed by atoms with E-state index in [2.05, 4.69) is 15.6 Å². The summed E-state index contributed by atoms with van der Waals surface area (Å²) in [5, 5.41) is 5.85. The number of guanidine groups is 1. The summed E-state index contributed by atoms with van der Waals surface area (Å²) in [6.45, 7) is 9.45. The molecule has 148 valence electrons. The highest BCUT2D eigenvalue weighted by Gasteiger charge is 2.15. The fraction of sp³-hybridized carbons (Fsp3) is 0.556. The lowest BCUT2D eigenvalue weighted by Gasteiger charge is -2.22. The number of carbonyl (C=O) groups is 1. The number of amides is 1. The molecule has 0 aliphatic rings. The van der Waals surface area contributed by atoms with E-state index in [1.807, 2.05) is 45.7 Å². The molecule has 1 amide bonds. The highest BCUT2D eigenvalue weighted by molar-refractivity contribution is 14.0. The molecule has 0 aromatic heterocycles. The van der Waals surface area contributed by atoms with E-state index in [0.29, 0.717) is 32.1 Å². The lowest BCUT2D eigenvalue weighted by molar-refractivity contribution is 0.0529. The molecule has 0 heterocycles. The van der Waals surface area contributed by atoms with Crippen molar-refractivity contribution >= 4 is 36.0 Å². The summed E-state index contributed by atoms with van der Waals surface area (Å²) in [5.41, 5.74) is 0.341. The second-order valence-electron chi connectivity index (χ2n) is 6.65. The Kier molecular flexibility index (Phi) is 11.2. The SMILES string of the molecule is CCNC(=NCCNC(=O)OC(C)(C)C)N(C)Cc1cccc(F)c1.I. The minimum absolute atomic E-state index is 0. The van der Waals surface area contributed by atoms with Crippen LogP contribution in [0.15, 0.2) is 29.3 Å². The highest BCUT2D eigenvalue weighted by atomic mass is 127. The minimum Gasteiger partial charge on any atom is -0.444 e. The number of hydrogen-bond donors (Lipinski definition) is 2. The van der Waals surface area contributed by atoms with E-state index in [1.54, 1.807) is 6.07 Å². The molecule has 0 unspecified atom stereocenters. The number of benzene rings is 1. The summed E-state index contributed by atoms with van der Waals surface area (Å²) in [7, 11) is 1.88. The van der Waals surface area contributed by atoms with Crippen LogP contribution in [0.5, 0.6) is 0 Å². The fourth-order valence-corrected chi connectivity index (χ4v) is 2.09. The van der Waals surface area contributed by atoms with Crippen LogP contribution in [0.3, 0.4) is 0 Å². The third-order valence-corrected chi connectivity index (χ3v) is 3.05. The van der Waals surface area contributed by atoms with Crippen molar-refractivity contribution in [2.45, 2.75) is 39.8 Å². The first-order valence-corrected chi connectivity index (χ1v) is 8.42. The Labute approximate surface area is 172 Å². The van der Waals surface area contributed by atoms with Gasteiger partial charge in [-0.15, -0.1) is 24.0 Å². The number of hydrogen-bond acceptors (Lipinski definition) is 3. The second kappa shape index (κ2) is 11.9. The molecule has 8 heteroatoms. The summed E-state index contributed by atoms with van der Waals surface area (Å²) in [6, 6.07) is 6.48. The molecule has 0 atom stereocenters. The van der Waals surface area contributed by atoms with Gasteiger partial charge in [-0.25, -0.2) is 9.18 Å². The van der Waals surface area contributed by atoms with Gasteiger partial charge in [0.25, 0.3) is 0 Å². The van der Waals surface area contributed by atoms with Gasteiger partial charge in [0, 0.05) is 26.7 Å². The molecule has 2 N–H and O–H groups in total. The molecule has 1 rings (SSSR count). The normalized spacial score (nSPS) is 11.4. The van der Waals surface area contributed by atoms with Gasteiger partial charge in [-0.2, -0.15) is 0 Å². The first kappa shape index (κ1) is 24.4. The van der Waals surface area contributed by atoms with E-state index in [1.165, 1.54) is 12.1 Å². The van der Waals surface area contributed by atoms with E-state index >= 15 is 0 Å². The van der Waals surface area contributed by atoms with E-state index in [9.17, 15) is 9.18 Å². The van der Waals surface area contributed by atoms with Crippen molar-refractivity contribution in [3.05, 3.63) is 35.6 Å². The molecule has 0 bridgehead atoms. The van der Waals surface area contributed by atoms with Crippen LogP contribution in [0.4, 0.5) is 9.18 Å². The van der Waals surface area contributed by atoms with Crippen LogP contribution in [0, 0.1) is 5.82 Å². The fourth-order valence-electron chi connectivity index (χ4n) is 2.09. The van der Waals surface area contributed by atoms with Crippen LogP contribution in [0.25, 0.3) is 0 Å². The Morgan fingerprint density at radius 3 is 2.58 bits per heavy atom. The van der Waals surface area contributed by atoms with Gasteiger partial charge in [-0.3, -0.25) is 4.99 Å². The number of carbonyl (C=O) groups excluding carboxylic acids is 1. The largest absolute Gasteiger partial charge is 0.444 e. The zero-order valence-electron chi connectivity index (χ0n) is 16.1. The molecule has 0 radical (unpaired) electrons. The van der Waals surface area contributed by atoms with E-state index in [-0.39, 0.29) is 29.8 Å². The predicted octanol–water partition coefficient (Wildman–Crippen LogP) is 3.37. The van der Waals surface area contributed by atoms with Gasteiger partial charge in [-0.05, 0) is 45.4 Å². The number of aliphatic imine (C=N–C) groups is 1. The van der Waals surface area contributed by atoms with Crippen molar-refractivity contribution in [2.24, 2.45) is 4.99 Å². The molecule has 1 aromatic rings. The lowest BCUT2D eigenvalue weighted by atomic mass is 10.2. The molecule has 0 aliphatic heterocycles. The number of ether oxygens (including phenoxy) is 1. The molecule has 0 saturated heterocycles. The number of nitrogens with one attached hydrogen (secondary N) is 2. The summed E-state index contributed by atoms with van der Waals surface area (Å²) < 4.78 is 18.5. The standard InChI is InChI=1S/C18H29FN4O2.HI/c1-6-20-16(21-10-11-22-17(24)25-18(2,3)4)23(5)13-14-8-7-9-15(19)12-14;/h7-9,12H,6,10-11,13H2,1-5H3,(H,20,21)(H,22,24);1H. The third-order valence-electron chi connectivity index (χ3n) is 3.05. The van der Waals surface area contributed by atoms with Gasteiger partial charge in [0.15, 0.2) is 5.96 Å². The maximum Gasteiger partial charge on any atom is 0.407 e. The minimum atomic E-state index is -0.520. The summed E-state index contributed by atoms with van der Waals surface area (Å²) >= 11 is 0. The maximum atomic E-state index is 13.3. The molecule has 0 fully saturated rings. The van der Waals surface area contributed by atoms with Gasteiger partial charge < -0.3 is 20.3 Å². The van der Waals surface area contributed by atoms with Crippen molar-refractivity contribution in [2.75, 3.05) is 26.7 Å². The number of rotatable bonds is 6. The van der Waals surface area contributed by atoms with Crippen LogP contribution in [0.2, 0.25) is 0 Å². The van der Waals surface area contributed by atoms with Crippen molar-refractivity contribution < 1.29 is 13.9 Å². The van der Waals surface area contributed by atoms with Gasteiger partial charge in [0.05, 0.1) is 6.54 Å². The molecule has 0 spiro atoms. The van der Waals surface area contributed by atoms with Crippen LogP contribution < -0.4 is 10.6 Å².